The molecule has 4 aromatic rings. The van der Waals surface area contributed by atoms with E-state index in [1.807, 2.05) is 25.1 Å². The Balaban J connectivity index is 1.63. The van der Waals surface area contributed by atoms with Crippen molar-refractivity contribution in [2.45, 2.75) is 26.4 Å². The van der Waals surface area contributed by atoms with Gasteiger partial charge in [-0.15, -0.1) is 0 Å². The van der Waals surface area contributed by atoms with E-state index in [4.69, 9.17) is 9.72 Å². The van der Waals surface area contributed by atoms with Crippen LogP contribution in [-0.4, -0.2) is 22.6 Å². The molecule has 152 valence electrons. The second kappa shape index (κ2) is 8.41. The first-order valence-electron chi connectivity index (χ1n) is 10.0. The van der Waals surface area contributed by atoms with Gasteiger partial charge in [-0.25, -0.2) is 4.98 Å². The molecule has 1 aromatic heterocycles. The summed E-state index contributed by atoms with van der Waals surface area (Å²) in [6.45, 7) is 4.74. The molecule has 0 spiro atoms. The average molecular weight is 399 g/mol. The van der Waals surface area contributed by atoms with Crippen molar-refractivity contribution < 1.29 is 9.53 Å². The van der Waals surface area contributed by atoms with Crippen molar-refractivity contribution in [3.63, 3.8) is 0 Å². The first kappa shape index (κ1) is 19.7. The molecule has 30 heavy (non-hydrogen) atoms. The molecule has 5 nitrogen and oxygen atoms in total. The zero-order valence-corrected chi connectivity index (χ0v) is 17.4. The maximum Gasteiger partial charge on any atom is 0.251 e. The molecule has 0 aliphatic heterocycles. The van der Waals surface area contributed by atoms with E-state index in [-0.39, 0.29) is 11.9 Å². The van der Waals surface area contributed by atoms with Crippen molar-refractivity contribution >= 4 is 16.9 Å². The molecule has 1 atom stereocenters. The van der Waals surface area contributed by atoms with Gasteiger partial charge in [0.15, 0.2) is 0 Å². The van der Waals surface area contributed by atoms with Crippen LogP contribution < -0.4 is 10.1 Å². The molecule has 4 rings (SSSR count). The lowest BCUT2D eigenvalue weighted by molar-refractivity contribution is 0.0937. The largest absolute Gasteiger partial charge is 0.497 e. The molecule has 0 saturated carbocycles. The van der Waals surface area contributed by atoms with Gasteiger partial charge < -0.3 is 14.6 Å². The fourth-order valence-electron chi connectivity index (χ4n) is 3.55. The fraction of sp³-hybridized carbons (Fsp3) is 0.200. The van der Waals surface area contributed by atoms with Crippen molar-refractivity contribution in [1.82, 2.24) is 14.9 Å². The smallest absolute Gasteiger partial charge is 0.251 e. The van der Waals surface area contributed by atoms with E-state index >= 15 is 0 Å². The molecule has 3 aromatic carbocycles. The van der Waals surface area contributed by atoms with Crippen LogP contribution in [0.15, 0.2) is 72.8 Å². The Labute approximate surface area is 176 Å². The number of nitrogens with zero attached hydrogens (tertiary/aromatic N) is 2. The zero-order valence-electron chi connectivity index (χ0n) is 17.4. The van der Waals surface area contributed by atoms with Gasteiger partial charge in [-0.3, -0.25) is 4.79 Å². The average Bonchev–Trinajstić information content (AvgIpc) is 3.14. The van der Waals surface area contributed by atoms with Crippen molar-refractivity contribution in [2.75, 3.05) is 7.11 Å². The topological polar surface area (TPSA) is 56.1 Å². The Morgan fingerprint density at radius 1 is 1.03 bits per heavy atom. The third-order valence-electron chi connectivity index (χ3n) is 5.23. The second-order valence-electron chi connectivity index (χ2n) is 7.45. The monoisotopic (exact) mass is 399 g/mol. The van der Waals surface area contributed by atoms with Gasteiger partial charge in [0.05, 0.1) is 24.2 Å². The normalized spacial score (nSPS) is 12.0. The van der Waals surface area contributed by atoms with Crippen LogP contribution in [0.5, 0.6) is 5.75 Å². The number of carbonyl (C=O) groups is 1. The second-order valence-corrected chi connectivity index (χ2v) is 7.45. The highest BCUT2D eigenvalue weighted by molar-refractivity contribution is 5.94. The van der Waals surface area contributed by atoms with Gasteiger partial charge in [0.1, 0.15) is 11.6 Å². The third kappa shape index (κ3) is 4.06. The minimum atomic E-state index is -0.252. The Hall–Kier alpha value is -3.60. The predicted molar refractivity (Wildman–Crippen MR) is 119 cm³/mol. The number of fused-ring (bicyclic) bond motifs is 1. The molecule has 1 heterocycles. The SMILES string of the molecule is COc1ccc(C(=O)NC(C)c2nc3ccccc3n2Cc2ccc(C)cc2)cc1. The summed E-state index contributed by atoms with van der Waals surface area (Å²) in [6, 6.07) is 23.4. The van der Waals surface area contributed by atoms with Crippen LogP contribution in [-0.2, 0) is 6.54 Å². The number of aromatic nitrogens is 2. The fourth-order valence-corrected chi connectivity index (χ4v) is 3.55. The van der Waals surface area contributed by atoms with E-state index in [1.165, 1.54) is 11.1 Å². The number of rotatable bonds is 6. The van der Waals surface area contributed by atoms with Gasteiger partial charge in [-0.2, -0.15) is 0 Å². The summed E-state index contributed by atoms with van der Waals surface area (Å²) < 4.78 is 7.35. The van der Waals surface area contributed by atoms with E-state index < -0.39 is 0 Å². The number of hydrogen-bond acceptors (Lipinski definition) is 3. The summed E-state index contributed by atoms with van der Waals surface area (Å²) in [7, 11) is 1.61. The predicted octanol–water partition coefficient (Wildman–Crippen LogP) is 4.89. The lowest BCUT2D eigenvalue weighted by Gasteiger charge is -2.17. The highest BCUT2D eigenvalue weighted by Gasteiger charge is 2.19. The van der Waals surface area contributed by atoms with Crippen LogP contribution in [0, 0.1) is 6.92 Å². The van der Waals surface area contributed by atoms with Crippen LogP contribution >= 0.6 is 0 Å². The summed E-state index contributed by atoms with van der Waals surface area (Å²) in [6.07, 6.45) is 0. The van der Waals surface area contributed by atoms with Crippen molar-refractivity contribution in [3.05, 3.63) is 95.3 Å². The molecule has 1 N–H and O–H groups in total. The van der Waals surface area contributed by atoms with Gasteiger partial charge in [0, 0.05) is 12.1 Å². The van der Waals surface area contributed by atoms with E-state index in [2.05, 4.69) is 47.1 Å². The van der Waals surface area contributed by atoms with Gasteiger partial charge in [0.25, 0.3) is 5.91 Å². The van der Waals surface area contributed by atoms with E-state index in [1.54, 1.807) is 31.4 Å². The number of hydrogen-bond donors (Lipinski definition) is 1. The van der Waals surface area contributed by atoms with Gasteiger partial charge >= 0.3 is 0 Å². The Morgan fingerprint density at radius 3 is 2.43 bits per heavy atom. The summed E-state index contributed by atoms with van der Waals surface area (Å²) >= 11 is 0. The Morgan fingerprint density at radius 2 is 1.73 bits per heavy atom. The number of nitrogens with one attached hydrogen (secondary N) is 1. The number of amides is 1. The number of aryl methyl sites for hydroxylation is 1. The van der Waals surface area contributed by atoms with E-state index in [0.717, 1.165) is 22.6 Å². The molecule has 0 bridgehead atoms. The number of benzene rings is 3. The van der Waals surface area contributed by atoms with Crippen molar-refractivity contribution in [1.29, 1.82) is 0 Å². The first-order valence-corrected chi connectivity index (χ1v) is 10.0. The Kier molecular flexibility index (Phi) is 5.53. The molecule has 1 unspecified atom stereocenters. The zero-order chi connectivity index (χ0) is 21.1. The number of methoxy groups -OCH3 is 1. The molecule has 0 aliphatic rings. The number of carbonyl (C=O) groups excluding carboxylic acids is 1. The number of para-hydroxylation sites is 2. The first-order chi connectivity index (χ1) is 14.5. The molecule has 5 heteroatoms. The molecular formula is C25H25N3O2. The Bertz CT molecular complexity index is 1160. The van der Waals surface area contributed by atoms with Crippen LogP contribution in [0.2, 0.25) is 0 Å². The van der Waals surface area contributed by atoms with Crippen LogP contribution in [0.4, 0.5) is 0 Å². The summed E-state index contributed by atoms with van der Waals surface area (Å²) in [5.41, 5.74) is 4.99. The quantitative estimate of drug-likeness (QED) is 0.502. The molecule has 0 radical (unpaired) electrons. The third-order valence-corrected chi connectivity index (χ3v) is 5.23. The van der Waals surface area contributed by atoms with Crippen LogP contribution in [0.3, 0.4) is 0 Å². The summed E-state index contributed by atoms with van der Waals surface area (Å²) in [5.74, 6) is 1.41. The maximum atomic E-state index is 12.8. The van der Waals surface area contributed by atoms with Crippen LogP contribution in [0.1, 0.15) is 40.3 Å². The lowest BCUT2D eigenvalue weighted by Crippen LogP contribution is -2.28. The summed E-state index contributed by atoms with van der Waals surface area (Å²) in [4.78, 5) is 17.6. The molecule has 0 fully saturated rings. The van der Waals surface area contributed by atoms with Gasteiger partial charge in [0.2, 0.25) is 0 Å². The molecule has 0 aliphatic carbocycles. The summed E-state index contributed by atoms with van der Waals surface area (Å²) in [5, 5.41) is 3.08. The standard InChI is InChI=1S/C25H25N3O2/c1-17-8-10-19(11-9-17)16-28-23-7-5-4-6-22(23)27-24(28)18(2)26-25(29)20-12-14-21(30-3)15-13-20/h4-15,18H,16H2,1-3H3,(H,26,29). The number of imidazole rings is 1. The van der Waals surface area contributed by atoms with Crippen molar-refractivity contribution in [2.24, 2.45) is 0 Å². The molecule has 0 saturated heterocycles. The van der Waals surface area contributed by atoms with Crippen LogP contribution in [0.25, 0.3) is 11.0 Å². The van der Waals surface area contributed by atoms with Gasteiger partial charge in [-0.05, 0) is 55.8 Å². The minimum Gasteiger partial charge on any atom is -0.497 e. The minimum absolute atomic E-state index is 0.140. The lowest BCUT2D eigenvalue weighted by atomic mass is 10.1. The molecular weight excluding hydrogens is 374 g/mol. The highest BCUT2D eigenvalue weighted by atomic mass is 16.5. The highest BCUT2D eigenvalue weighted by Crippen LogP contribution is 2.23. The molecule has 1 amide bonds. The van der Waals surface area contributed by atoms with Crippen molar-refractivity contribution in [3.8, 4) is 5.75 Å². The number of ether oxygens (including phenoxy) is 1. The van der Waals surface area contributed by atoms with Gasteiger partial charge in [-0.1, -0.05) is 42.0 Å². The van der Waals surface area contributed by atoms with E-state index in [0.29, 0.717) is 12.1 Å². The maximum absolute atomic E-state index is 12.8. The van der Waals surface area contributed by atoms with E-state index in [9.17, 15) is 4.79 Å².